The van der Waals surface area contributed by atoms with Gasteiger partial charge in [0.15, 0.2) is 0 Å². The Labute approximate surface area is 115 Å². The molecule has 106 valence electrons. The van der Waals surface area contributed by atoms with E-state index >= 15 is 0 Å². The maximum Gasteiger partial charge on any atom is 0.416 e. The molecular weight excluding hydrogens is 265 g/mol. The zero-order chi connectivity index (χ0) is 14.8. The number of anilines is 2. The second-order valence-corrected chi connectivity index (χ2v) is 4.61. The molecule has 2 aromatic carbocycles. The van der Waals surface area contributed by atoms with Gasteiger partial charge < -0.3 is 10.6 Å². The van der Waals surface area contributed by atoms with Crippen LogP contribution in [0, 0.1) is 0 Å². The van der Waals surface area contributed by atoms with Crippen molar-refractivity contribution in [2.24, 2.45) is 0 Å². The molecule has 0 radical (unpaired) electrons. The summed E-state index contributed by atoms with van der Waals surface area (Å²) in [5.74, 6) is 0. The van der Waals surface area contributed by atoms with Gasteiger partial charge in [0.1, 0.15) is 0 Å². The number of nitrogens with zero attached hydrogens (tertiary/aromatic N) is 1. The summed E-state index contributed by atoms with van der Waals surface area (Å²) in [6, 6.07) is 13.2. The third-order valence-electron chi connectivity index (χ3n) is 3.04. The Morgan fingerprint density at radius 1 is 1.05 bits per heavy atom. The van der Waals surface area contributed by atoms with Gasteiger partial charge in [-0.3, -0.25) is 0 Å². The Morgan fingerprint density at radius 3 is 2.30 bits per heavy atom. The molecule has 0 atom stereocenters. The average molecular weight is 280 g/mol. The number of benzene rings is 2. The van der Waals surface area contributed by atoms with Crippen molar-refractivity contribution >= 4 is 11.4 Å². The predicted molar refractivity (Wildman–Crippen MR) is 74.4 cm³/mol. The molecule has 2 nitrogen and oxygen atoms in total. The highest BCUT2D eigenvalue weighted by molar-refractivity contribution is 5.50. The van der Waals surface area contributed by atoms with Crippen LogP contribution in [0.15, 0.2) is 48.5 Å². The highest BCUT2D eigenvalue weighted by Gasteiger charge is 2.33. The van der Waals surface area contributed by atoms with Crippen LogP contribution >= 0.6 is 0 Å². The third-order valence-corrected chi connectivity index (χ3v) is 3.04. The number of alkyl halides is 3. The summed E-state index contributed by atoms with van der Waals surface area (Å²) < 4.78 is 39.0. The second-order valence-electron chi connectivity index (χ2n) is 4.61. The molecule has 0 unspecified atom stereocenters. The van der Waals surface area contributed by atoms with Gasteiger partial charge in [-0.25, -0.2) is 0 Å². The standard InChI is InChI=1S/C15H15F3N2/c1-20(13-5-3-2-4-6-13)10-11-7-8-12(19)9-14(11)15(16,17)18/h2-9H,10,19H2,1H3. The van der Waals surface area contributed by atoms with Gasteiger partial charge in [-0.2, -0.15) is 13.2 Å². The van der Waals surface area contributed by atoms with Crippen LogP contribution in [0.1, 0.15) is 11.1 Å². The summed E-state index contributed by atoms with van der Waals surface area (Å²) in [6.07, 6.45) is -4.40. The predicted octanol–water partition coefficient (Wildman–Crippen LogP) is 3.92. The number of nitrogen functional groups attached to an aromatic ring is 1. The first-order valence-electron chi connectivity index (χ1n) is 6.09. The van der Waals surface area contributed by atoms with Gasteiger partial charge in [0.05, 0.1) is 5.56 Å². The number of rotatable bonds is 3. The Kier molecular flexibility index (Phi) is 3.88. The molecular formula is C15H15F3N2. The van der Waals surface area contributed by atoms with Crippen molar-refractivity contribution in [3.05, 3.63) is 59.7 Å². The highest BCUT2D eigenvalue weighted by atomic mass is 19.4. The summed E-state index contributed by atoms with van der Waals surface area (Å²) in [4.78, 5) is 1.76. The fourth-order valence-electron chi connectivity index (χ4n) is 2.03. The fourth-order valence-corrected chi connectivity index (χ4v) is 2.03. The minimum absolute atomic E-state index is 0.114. The summed E-state index contributed by atoms with van der Waals surface area (Å²) in [7, 11) is 1.76. The summed E-state index contributed by atoms with van der Waals surface area (Å²) in [5, 5.41) is 0. The number of para-hydroxylation sites is 1. The van der Waals surface area contributed by atoms with Crippen molar-refractivity contribution in [3.8, 4) is 0 Å². The summed E-state index contributed by atoms with van der Waals surface area (Å²) >= 11 is 0. The van der Waals surface area contributed by atoms with Gasteiger partial charge in [0.2, 0.25) is 0 Å². The maximum atomic E-state index is 13.0. The van der Waals surface area contributed by atoms with Crippen molar-refractivity contribution in [1.29, 1.82) is 0 Å². The first kappa shape index (κ1) is 14.2. The first-order valence-corrected chi connectivity index (χ1v) is 6.09. The molecule has 0 aliphatic carbocycles. The number of hydrogen-bond donors (Lipinski definition) is 1. The van der Waals surface area contributed by atoms with Crippen LogP contribution in [0.4, 0.5) is 24.5 Å². The van der Waals surface area contributed by atoms with Gasteiger partial charge in [-0.05, 0) is 29.8 Å². The molecule has 0 saturated heterocycles. The number of hydrogen-bond acceptors (Lipinski definition) is 2. The topological polar surface area (TPSA) is 29.3 Å². The SMILES string of the molecule is CN(Cc1ccc(N)cc1C(F)(F)F)c1ccccc1. The van der Waals surface area contributed by atoms with E-state index in [0.717, 1.165) is 11.8 Å². The summed E-state index contributed by atoms with van der Waals surface area (Å²) in [6.45, 7) is 0.166. The fraction of sp³-hybridized carbons (Fsp3) is 0.200. The largest absolute Gasteiger partial charge is 0.416 e. The van der Waals surface area contributed by atoms with Gasteiger partial charge in [0, 0.05) is 25.0 Å². The Morgan fingerprint density at radius 2 is 1.70 bits per heavy atom. The molecule has 0 amide bonds. The van der Waals surface area contributed by atoms with Gasteiger partial charge in [-0.1, -0.05) is 24.3 Å². The zero-order valence-corrected chi connectivity index (χ0v) is 11.0. The molecule has 0 aliphatic heterocycles. The van der Waals surface area contributed by atoms with Crippen LogP contribution in [0.2, 0.25) is 0 Å². The third kappa shape index (κ3) is 3.23. The maximum absolute atomic E-state index is 13.0. The van der Waals surface area contributed by atoms with Gasteiger partial charge >= 0.3 is 6.18 Å². The van der Waals surface area contributed by atoms with Crippen LogP contribution < -0.4 is 10.6 Å². The minimum atomic E-state index is -4.40. The molecule has 0 heterocycles. The van der Waals surface area contributed by atoms with Gasteiger partial charge in [0.25, 0.3) is 0 Å². The van der Waals surface area contributed by atoms with Crippen molar-refractivity contribution in [2.45, 2.75) is 12.7 Å². The minimum Gasteiger partial charge on any atom is -0.399 e. The molecule has 0 spiro atoms. The van der Waals surface area contributed by atoms with Crippen LogP contribution in [-0.4, -0.2) is 7.05 Å². The molecule has 20 heavy (non-hydrogen) atoms. The molecule has 2 rings (SSSR count). The summed E-state index contributed by atoms with van der Waals surface area (Å²) in [5.41, 5.74) is 5.95. The van der Waals surface area contributed by atoms with E-state index in [2.05, 4.69) is 0 Å². The molecule has 5 heteroatoms. The van der Waals surface area contributed by atoms with Crippen molar-refractivity contribution in [1.82, 2.24) is 0 Å². The zero-order valence-electron chi connectivity index (χ0n) is 11.0. The average Bonchev–Trinajstić information content (AvgIpc) is 2.40. The Bertz CT molecular complexity index is 579. The Balaban J connectivity index is 2.30. The number of halogens is 3. The van der Waals surface area contributed by atoms with E-state index in [1.807, 2.05) is 30.3 Å². The smallest absolute Gasteiger partial charge is 0.399 e. The normalized spacial score (nSPS) is 11.4. The molecule has 0 aliphatic rings. The van der Waals surface area contributed by atoms with E-state index in [-0.39, 0.29) is 17.8 Å². The van der Waals surface area contributed by atoms with Crippen LogP contribution in [0.3, 0.4) is 0 Å². The van der Waals surface area contributed by atoms with Crippen LogP contribution in [0.5, 0.6) is 0 Å². The van der Waals surface area contributed by atoms with E-state index in [9.17, 15) is 13.2 Å². The van der Waals surface area contributed by atoms with E-state index in [1.54, 1.807) is 11.9 Å². The van der Waals surface area contributed by atoms with E-state index in [1.165, 1.54) is 12.1 Å². The van der Waals surface area contributed by atoms with Crippen LogP contribution in [-0.2, 0) is 12.7 Å². The van der Waals surface area contributed by atoms with Crippen LogP contribution in [0.25, 0.3) is 0 Å². The molecule has 0 fully saturated rings. The first-order chi connectivity index (χ1) is 9.38. The monoisotopic (exact) mass is 280 g/mol. The molecule has 0 aromatic heterocycles. The molecule has 2 N–H and O–H groups in total. The van der Waals surface area contributed by atoms with Crippen molar-refractivity contribution in [3.63, 3.8) is 0 Å². The lowest BCUT2D eigenvalue weighted by Crippen LogP contribution is -2.20. The molecule has 0 bridgehead atoms. The van der Waals surface area contributed by atoms with Crippen molar-refractivity contribution < 1.29 is 13.2 Å². The van der Waals surface area contributed by atoms with Gasteiger partial charge in [-0.15, -0.1) is 0 Å². The Hall–Kier alpha value is -2.17. The second kappa shape index (κ2) is 5.45. The van der Waals surface area contributed by atoms with E-state index in [0.29, 0.717) is 0 Å². The van der Waals surface area contributed by atoms with E-state index in [4.69, 9.17) is 5.73 Å². The lowest BCUT2D eigenvalue weighted by Gasteiger charge is -2.22. The highest BCUT2D eigenvalue weighted by Crippen LogP contribution is 2.34. The number of nitrogens with two attached hydrogens (primary N) is 1. The quantitative estimate of drug-likeness (QED) is 0.863. The molecule has 0 saturated carbocycles. The molecule has 2 aromatic rings. The van der Waals surface area contributed by atoms with E-state index < -0.39 is 11.7 Å². The lowest BCUT2D eigenvalue weighted by molar-refractivity contribution is -0.138. The van der Waals surface area contributed by atoms with Crippen molar-refractivity contribution in [2.75, 3.05) is 17.7 Å². The lowest BCUT2D eigenvalue weighted by atomic mass is 10.1.